The molecule has 0 radical (unpaired) electrons. The van der Waals surface area contributed by atoms with Gasteiger partial charge in [-0.15, -0.1) is 0 Å². The van der Waals surface area contributed by atoms with Crippen LogP contribution in [0.3, 0.4) is 0 Å². The van der Waals surface area contributed by atoms with Crippen molar-refractivity contribution in [1.82, 2.24) is 14.8 Å². The van der Waals surface area contributed by atoms with E-state index in [0.717, 1.165) is 52.5 Å². The van der Waals surface area contributed by atoms with Gasteiger partial charge in [0, 0.05) is 51.7 Å². The molecule has 2 aromatic heterocycles. The number of hydrogen-bond donors (Lipinski definition) is 2. The monoisotopic (exact) mass is 587 g/mol. The zero-order valence-corrected chi connectivity index (χ0v) is 21.3. The number of hydrogen-bond acceptors (Lipinski definition) is 8. The van der Waals surface area contributed by atoms with Crippen LogP contribution in [0, 0.1) is 0 Å². The van der Waals surface area contributed by atoms with E-state index in [9.17, 15) is 26.3 Å². The molecule has 0 saturated carbocycles. The number of rotatable bonds is 4. The third kappa shape index (κ3) is 11.9. The molecule has 1 unspecified atom stereocenters. The Balaban J connectivity index is 0.000000317. The molecule has 4 rings (SSSR count). The van der Waals surface area contributed by atoms with E-state index >= 15 is 0 Å². The van der Waals surface area contributed by atoms with Crippen molar-refractivity contribution in [3.63, 3.8) is 0 Å². The Morgan fingerprint density at radius 3 is 1.90 bits per heavy atom. The van der Waals surface area contributed by atoms with Crippen LogP contribution in [-0.4, -0.2) is 101 Å². The largest absolute Gasteiger partial charge is 0.490 e. The maximum atomic E-state index is 10.6. The van der Waals surface area contributed by atoms with E-state index in [0.29, 0.717) is 6.61 Å². The number of thiophene rings is 1. The molecule has 0 aliphatic carbocycles. The lowest BCUT2D eigenvalue weighted by molar-refractivity contribution is -0.193. The van der Waals surface area contributed by atoms with Crippen LogP contribution >= 0.6 is 11.3 Å². The summed E-state index contributed by atoms with van der Waals surface area (Å²) < 4.78 is 75.7. The van der Waals surface area contributed by atoms with Gasteiger partial charge in [0.1, 0.15) is 5.60 Å². The van der Waals surface area contributed by atoms with Crippen LogP contribution in [0.5, 0.6) is 0 Å². The van der Waals surface area contributed by atoms with Crippen LogP contribution in [0.2, 0.25) is 0 Å². The Morgan fingerprint density at radius 1 is 0.897 bits per heavy atom. The summed E-state index contributed by atoms with van der Waals surface area (Å²) in [5, 5.41) is 18.6. The van der Waals surface area contributed by atoms with Crippen molar-refractivity contribution >= 4 is 23.3 Å². The van der Waals surface area contributed by atoms with Crippen molar-refractivity contribution in [3.05, 3.63) is 52.5 Å². The van der Waals surface area contributed by atoms with Gasteiger partial charge >= 0.3 is 24.3 Å². The summed E-state index contributed by atoms with van der Waals surface area (Å²) in [6, 6.07) is 6.39. The number of ether oxygens (including phenoxy) is 2. The number of pyridine rings is 1. The van der Waals surface area contributed by atoms with Crippen LogP contribution < -0.4 is 0 Å². The first kappa shape index (κ1) is 32.4. The van der Waals surface area contributed by atoms with Gasteiger partial charge in [0.15, 0.2) is 0 Å². The van der Waals surface area contributed by atoms with Crippen molar-refractivity contribution in [2.45, 2.75) is 31.0 Å². The van der Waals surface area contributed by atoms with Crippen molar-refractivity contribution < 1.29 is 55.6 Å². The molecule has 0 bridgehead atoms. The molecule has 2 aliphatic heterocycles. The molecule has 16 heteroatoms. The average molecular weight is 588 g/mol. The van der Waals surface area contributed by atoms with E-state index < -0.39 is 24.3 Å². The van der Waals surface area contributed by atoms with Crippen molar-refractivity contribution in [2.24, 2.45) is 0 Å². The zero-order chi connectivity index (χ0) is 29.1. The molecule has 2 aliphatic rings. The first-order valence-corrected chi connectivity index (χ1v) is 12.3. The molecule has 1 atom stereocenters. The maximum Gasteiger partial charge on any atom is 0.490 e. The van der Waals surface area contributed by atoms with Gasteiger partial charge in [-0.05, 0) is 40.1 Å². The maximum absolute atomic E-state index is 10.6. The highest BCUT2D eigenvalue weighted by Gasteiger charge is 2.40. The van der Waals surface area contributed by atoms with Crippen molar-refractivity contribution in [1.29, 1.82) is 0 Å². The summed E-state index contributed by atoms with van der Waals surface area (Å²) in [4.78, 5) is 26.9. The van der Waals surface area contributed by atoms with Crippen LogP contribution in [0.1, 0.15) is 11.1 Å². The minimum atomic E-state index is -5.08. The SMILES string of the molecule is O=C(O)C(F)(F)F.O=C(O)C(F)(F)F.c1cc(CN2CCOCC3(C2)CN(Cc2ccsc2)CCO3)ccn1. The summed E-state index contributed by atoms with van der Waals surface area (Å²) in [7, 11) is 0. The molecule has 0 aromatic carbocycles. The molecule has 0 amide bonds. The summed E-state index contributed by atoms with van der Waals surface area (Å²) in [6.07, 6.45) is -6.45. The molecular formula is C23H27F6N3O6S. The molecule has 2 fully saturated rings. The van der Waals surface area contributed by atoms with Gasteiger partial charge in [-0.2, -0.15) is 37.7 Å². The molecule has 2 N–H and O–H groups in total. The fourth-order valence-corrected chi connectivity index (χ4v) is 4.41. The van der Waals surface area contributed by atoms with Crippen LogP contribution in [0.4, 0.5) is 26.3 Å². The third-order valence-corrected chi connectivity index (χ3v) is 6.12. The highest BCUT2D eigenvalue weighted by molar-refractivity contribution is 7.07. The number of carbonyl (C=O) groups is 2. The van der Waals surface area contributed by atoms with Gasteiger partial charge in [0.25, 0.3) is 0 Å². The Hall–Kier alpha value is -2.79. The molecule has 9 nitrogen and oxygen atoms in total. The van der Waals surface area contributed by atoms with Gasteiger partial charge in [-0.1, -0.05) is 0 Å². The van der Waals surface area contributed by atoms with Gasteiger partial charge in [0.2, 0.25) is 0 Å². The second-order valence-corrected chi connectivity index (χ2v) is 9.38. The minimum Gasteiger partial charge on any atom is -0.475 e. The minimum absolute atomic E-state index is 0.224. The standard InChI is InChI=1S/C19H25N3O2S.2C2HF3O2/c1-4-20-5-2-17(1)11-21-6-8-23-16-19(14-21)15-22(7-9-24-19)12-18-3-10-25-13-18;2*3-2(4,5)1(6)7/h1-5,10,13H,6-9,11-12,14-16H2;2*(H,6,7). The number of carboxylic acids is 2. The van der Waals surface area contributed by atoms with E-state index in [1.807, 2.05) is 12.4 Å². The van der Waals surface area contributed by atoms with Crippen molar-refractivity contribution in [3.8, 4) is 0 Å². The Labute approximate surface area is 223 Å². The fraction of sp³-hybridized carbons (Fsp3) is 0.522. The second kappa shape index (κ2) is 14.6. The van der Waals surface area contributed by atoms with E-state index in [2.05, 4.69) is 43.7 Å². The molecule has 2 saturated heterocycles. The summed E-state index contributed by atoms with van der Waals surface area (Å²) >= 11 is 1.76. The highest BCUT2D eigenvalue weighted by Crippen LogP contribution is 2.25. The number of alkyl halides is 6. The quantitative estimate of drug-likeness (QED) is 0.519. The molecular weight excluding hydrogens is 560 g/mol. The number of halogens is 6. The molecule has 4 heterocycles. The lowest BCUT2D eigenvalue weighted by atomic mass is 10.0. The zero-order valence-electron chi connectivity index (χ0n) is 20.5. The Bertz CT molecular complexity index is 1000. The molecule has 218 valence electrons. The van der Waals surface area contributed by atoms with E-state index in [-0.39, 0.29) is 5.60 Å². The lowest BCUT2D eigenvalue weighted by Gasteiger charge is -2.43. The number of morpholine rings is 1. The fourth-order valence-electron chi connectivity index (χ4n) is 3.75. The smallest absolute Gasteiger partial charge is 0.475 e. The van der Waals surface area contributed by atoms with Crippen molar-refractivity contribution in [2.75, 3.05) is 46.0 Å². The van der Waals surface area contributed by atoms with Crippen LogP contribution in [0.15, 0.2) is 41.4 Å². The third-order valence-electron chi connectivity index (χ3n) is 5.38. The van der Waals surface area contributed by atoms with E-state index in [1.165, 1.54) is 11.1 Å². The normalized spacial score (nSPS) is 20.7. The first-order chi connectivity index (χ1) is 18.2. The van der Waals surface area contributed by atoms with Gasteiger partial charge in [-0.3, -0.25) is 14.8 Å². The first-order valence-electron chi connectivity index (χ1n) is 11.4. The summed E-state index contributed by atoms with van der Waals surface area (Å²) in [5.41, 5.74) is 2.46. The van der Waals surface area contributed by atoms with E-state index in [1.54, 1.807) is 11.3 Å². The topological polar surface area (TPSA) is 112 Å². The highest BCUT2D eigenvalue weighted by atomic mass is 32.1. The van der Waals surface area contributed by atoms with Crippen LogP contribution in [0.25, 0.3) is 0 Å². The Morgan fingerprint density at radius 2 is 1.41 bits per heavy atom. The van der Waals surface area contributed by atoms with Gasteiger partial charge in [-0.25, -0.2) is 9.59 Å². The van der Waals surface area contributed by atoms with Gasteiger partial charge in [0.05, 0.1) is 19.8 Å². The molecule has 1 spiro atoms. The summed E-state index contributed by atoms with van der Waals surface area (Å²) in [6.45, 7) is 7.91. The number of carboxylic acid groups (broad SMARTS) is 2. The number of aromatic nitrogens is 1. The molecule has 39 heavy (non-hydrogen) atoms. The predicted molar refractivity (Wildman–Crippen MR) is 126 cm³/mol. The summed E-state index contributed by atoms with van der Waals surface area (Å²) in [5.74, 6) is -5.51. The van der Waals surface area contributed by atoms with E-state index in [4.69, 9.17) is 29.3 Å². The second-order valence-electron chi connectivity index (χ2n) is 8.60. The predicted octanol–water partition coefficient (Wildman–Crippen LogP) is 3.51. The van der Waals surface area contributed by atoms with Crippen LogP contribution in [-0.2, 0) is 32.2 Å². The Kier molecular flexibility index (Phi) is 12.1. The number of nitrogens with zero attached hydrogens (tertiary/aromatic N) is 3. The lowest BCUT2D eigenvalue weighted by Crippen LogP contribution is -2.58. The van der Waals surface area contributed by atoms with Gasteiger partial charge < -0.3 is 19.7 Å². The molecule has 2 aromatic rings. The average Bonchev–Trinajstić information content (AvgIpc) is 3.28. The number of aliphatic carboxylic acids is 2.